The van der Waals surface area contributed by atoms with E-state index in [1.54, 1.807) is 18.2 Å². The average Bonchev–Trinajstić information content (AvgIpc) is 2.98. The molecular weight excluding hydrogens is 406 g/mol. The highest BCUT2D eigenvalue weighted by Gasteiger charge is 2.44. The first kappa shape index (κ1) is 20.8. The number of carboxylic acid groups (broad SMARTS) is 1. The van der Waals surface area contributed by atoms with Crippen LogP contribution in [-0.2, 0) is 9.59 Å². The van der Waals surface area contributed by atoms with Gasteiger partial charge in [0, 0.05) is 51.4 Å². The highest BCUT2D eigenvalue weighted by molar-refractivity contribution is 6.23. The van der Waals surface area contributed by atoms with Gasteiger partial charge in [0.2, 0.25) is 11.8 Å². The van der Waals surface area contributed by atoms with Gasteiger partial charge >= 0.3 is 6.09 Å². The minimum atomic E-state index is -1.04. The summed E-state index contributed by atoms with van der Waals surface area (Å²) >= 11 is 0. The van der Waals surface area contributed by atoms with Crippen LogP contribution in [0.25, 0.3) is 0 Å². The highest BCUT2D eigenvalue weighted by Crippen LogP contribution is 2.31. The molecule has 2 fully saturated rings. The number of hydrogen-bond donors (Lipinski definition) is 3. The third-order valence-electron chi connectivity index (χ3n) is 5.87. The van der Waals surface area contributed by atoms with Gasteiger partial charge in [-0.25, -0.2) is 4.79 Å². The van der Waals surface area contributed by atoms with Crippen molar-refractivity contribution < 1.29 is 29.1 Å². The van der Waals surface area contributed by atoms with E-state index in [9.17, 15) is 24.0 Å². The molecule has 1 aromatic rings. The number of imide groups is 2. The second-order valence-corrected chi connectivity index (χ2v) is 7.74. The number of anilines is 1. The standard InChI is InChI=1S/C20H23N5O6/c26-16-4-3-15(17(27)22-16)25-18(28)13-2-1-12(11-14(13)19(25)29)24-9-7-23(8-10-24)6-5-21-20(30)31/h1-2,11,15,21H,3-10H2,(H,30,31)(H,22,26,27). The van der Waals surface area contributed by atoms with Gasteiger partial charge in [0.05, 0.1) is 11.1 Å². The fraction of sp³-hybridized carbons (Fsp3) is 0.450. The van der Waals surface area contributed by atoms with E-state index in [1.807, 2.05) is 0 Å². The van der Waals surface area contributed by atoms with E-state index in [4.69, 9.17) is 5.11 Å². The summed E-state index contributed by atoms with van der Waals surface area (Å²) in [5.41, 5.74) is 1.34. The van der Waals surface area contributed by atoms with Crippen LogP contribution in [0, 0.1) is 0 Å². The summed E-state index contributed by atoms with van der Waals surface area (Å²) in [4.78, 5) is 65.1. The van der Waals surface area contributed by atoms with Crippen molar-refractivity contribution in [3.8, 4) is 0 Å². The average molecular weight is 429 g/mol. The van der Waals surface area contributed by atoms with Crippen LogP contribution in [0.3, 0.4) is 0 Å². The Kier molecular flexibility index (Phi) is 5.59. The number of piperidine rings is 1. The Balaban J connectivity index is 1.43. The predicted molar refractivity (Wildman–Crippen MR) is 108 cm³/mol. The van der Waals surface area contributed by atoms with Gasteiger partial charge in [-0.15, -0.1) is 0 Å². The van der Waals surface area contributed by atoms with Crippen molar-refractivity contribution in [2.45, 2.75) is 18.9 Å². The number of hydrogen-bond acceptors (Lipinski definition) is 7. The zero-order valence-electron chi connectivity index (χ0n) is 16.8. The topological polar surface area (TPSA) is 139 Å². The Morgan fingerprint density at radius 2 is 1.77 bits per heavy atom. The van der Waals surface area contributed by atoms with Gasteiger partial charge in [0.15, 0.2) is 0 Å². The Morgan fingerprint density at radius 3 is 2.45 bits per heavy atom. The number of rotatable bonds is 5. The molecule has 0 radical (unpaired) electrons. The van der Waals surface area contributed by atoms with Gasteiger partial charge in [-0.3, -0.25) is 34.3 Å². The molecule has 1 unspecified atom stereocenters. The third-order valence-corrected chi connectivity index (χ3v) is 5.87. The predicted octanol–water partition coefficient (Wildman–Crippen LogP) is -0.523. The van der Waals surface area contributed by atoms with E-state index < -0.39 is 35.8 Å². The van der Waals surface area contributed by atoms with E-state index >= 15 is 0 Å². The molecule has 11 nitrogen and oxygen atoms in total. The van der Waals surface area contributed by atoms with E-state index in [2.05, 4.69) is 20.4 Å². The minimum absolute atomic E-state index is 0.0846. The molecule has 31 heavy (non-hydrogen) atoms. The first-order chi connectivity index (χ1) is 14.8. The van der Waals surface area contributed by atoms with Crippen molar-refractivity contribution in [2.75, 3.05) is 44.2 Å². The number of carbonyl (C=O) groups is 5. The van der Waals surface area contributed by atoms with E-state index in [0.717, 1.165) is 23.7 Å². The normalized spacial score (nSPS) is 21.9. The summed E-state index contributed by atoms with van der Waals surface area (Å²) in [6, 6.07) is 4.11. The second-order valence-electron chi connectivity index (χ2n) is 7.74. The highest BCUT2D eigenvalue weighted by atomic mass is 16.4. The Hall–Kier alpha value is -3.47. The van der Waals surface area contributed by atoms with Crippen molar-refractivity contribution in [1.82, 2.24) is 20.4 Å². The lowest BCUT2D eigenvalue weighted by atomic mass is 10.0. The van der Waals surface area contributed by atoms with Crippen LogP contribution in [-0.4, -0.2) is 89.9 Å². The molecule has 3 aliphatic rings. The molecule has 0 aliphatic carbocycles. The van der Waals surface area contributed by atoms with Gasteiger partial charge < -0.3 is 15.3 Å². The first-order valence-electron chi connectivity index (χ1n) is 10.1. The van der Waals surface area contributed by atoms with E-state index in [-0.39, 0.29) is 24.0 Å². The molecule has 3 N–H and O–H groups in total. The van der Waals surface area contributed by atoms with Crippen LogP contribution in [0.1, 0.15) is 33.6 Å². The molecule has 2 saturated heterocycles. The van der Waals surface area contributed by atoms with Gasteiger partial charge in [-0.2, -0.15) is 0 Å². The second kappa shape index (κ2) is 8.34. The summed E-state index contributed by atoms with van der Waals surface area (Å²) < 4.78 is 0. The molecule has 11 heteroatoms. The van der Waals surface area contributed by atoms with Crippen molar-refractivity contribution in [3.05, 3.63) is 29.3 Å². The molecule has 1 aromatic carbocycles. The quantitative estimate of drug-likeness (QED) is 0.531. The molecule has 0 bridgehead atoms. The monoisotopic (exact) mass is 429 g/mol. The molecule has 3 heterocycles. The maximum Gasteiger partial charge on any atom is 0.404 e. The van der Waals surface area contributed by atoms with Crippen LogP contribution in [0.4, 0.5) is 10.5 Å². The molecule has 0 spiro atoms. The summed E-state index contributed by atoms with van der Waals surface area (Å²) in [5.74, 6) is -2.07. The Bertz CT molecular complexity index is 955. The number of carbonyl (C=O) groups excluding carboxylic acids is 4. The fourth-order valence-electron chi connectivity index (χ4n) is 4.21. The number of piperazine rings is 1. The van der Waals surface area contributed by atoms with Gasteiger partial charge in [-0.1, -0.05) is 0 Å². The fourth-order valence-corrected chi connectivity index (χ4v) is 4.21. The smallest absolute Gasteiger partial charge is 0.404 e. The van der Waals surface area contributed by atoms with Crippen molar-refractivity contribution in [3.63, 3.8) is 0 Å². The van der Waals surface area contributed by atoms with Gasteiger partial charge in [0.25, 0.3) is 11.8 Å². The zero-order chi connectivity index (χ0) is 22.1. The number of nitrogens with one attached hydrogen (secondary N) is 2. The van der Waals surface area contributed by atoms with Crippen molar-refractivity contribution in [1.29, 1.82) is 0 Å². The van der Waals surface area contributed by atoms with Gasteiger partial charge in [0.1, 0.15) is 6.04 Å². The minimum Gasteiger partial charge on any atom is -0.465 e. The Morgan fingerprint density at radius 1 is 1.06 bits per heavy atom. The van der Waals surface area contributed by atoms with E-state index in [0.29, 0.717) is 26.2 Å². The number of amides is 5. The first-order valence-corrected chi connectivity index (χ1v) is 10.1. The molecule has 0 saturated carbocycles. The summed E-state index contributed by atoms with van der Waals surface area (Å²) in [7, 11) is 0. The SMILES string of the molecule is O=C(O)NCCN1CCN(c2ccc3c(c2)C(=O)N(C2CCC(=O)NC2=O)C3=O)CC1. The van der Waals surface area contributed by atoms with E-state index in [1.165, 1.54) is 0 Å². The Labute approximate surface area is 178 Å². The summed E-state index contributed by atoms with van der Waals surface area (Å²) in [6.07, 6.45) is -0.828. The third kappa shape index (κ3) is 4.08. The van der Waals surface area contributed by atoms with Crippen LogP contribution in [0.5, 0.6) is 0 Å². The zero-order valence-corrected chi connectivity index (χ0v) is 16.8. The summed E-state index contributed by atoms with van der Waals surface area (Å²) in [5, 5.41) is 13.2. The largest absolute Gasteiger partial charge is 0.465 e. The number of nitrogens with zero attached hydrogens (tertiary/aromatic N) is 3. The molecule has 4 rings (SSSR count). The molecule has 0 aromatic heterocycles. The van der Waals surface area contributed by atoms with Crippen molar-refractivity contribution in [2.24, 2.45) is 0 Å². The maximum absolute atomic E-state index is 13.0. The molecular formula is C20H23N5O6. The maximum atomic E-state index is 13.0. The van der Waals surface area contributed by atoms with Crippen LogP contribution >= 0.6 is 0 Å². The van der Waals surface area contributed by atoms with Crippen LogP contribution in [0.2, 0.25) is 0 Å². The molecule has 1 atom stereocenters. The van der Waals surface area contributed by atoms with Crippen molar-refractivity contribution >= 4 is 35.4 Å². The molecule has 164 valence electrons. The molecule has 5 amide bonds. The van der Waals surface area contributed by atoms with Gasteiger partial charge in [-0.05, 0) is 24.6 Å². The van der Waals surface area contributed by atoms with Crippen LogP contribution < -0.4 is 15.5 Å². The lowest BCUT2D eigenvalue weighted by Gasteiger charge is -2.36. The van der Waals surface area contributed by atoms with Crippen LogP contribution in [0.15, 0.2) is 18.2 Å². The number of fused-ring (bicyclic) bond motifs is 1. The number of benzene rings is 1. The molecule has 3 aliphatic heterocycles. The lowest BCUT2D eigenvalue weighted by molar-refractivity contribution is -0.136. The lowest BCUT2D eigenvalue weighted by Crippen LogP contribution is -2.54. The summed E-state index contributed by atoms with van der Waals surface area (Å²) in [6.45, 7) is 3.87.